The number of halogens is 1. The van der Waals surface area contributed by atoms with Crippen LogP contribution in [0.4, 0.5) is 10.5 Å². The summed E-state index contributed by atoms with van der Waals surface area (Å²) < 4.78 is 8.32. The largest absolute Gasteiger partial charge is 0.444 e. The highest BCUT2D eigenvalue weighted by Crippen LogP contribution is 2.30. The Morgan fingerprint density at radius 1 is 1.32 bits per heavy atom. The first-order valence-corrected chi connectivity index (χ1v) is 9.38. The second-order valence-electron chi connectivity index (χ2n) is 7.55. The van der Waals surface area contributed by atoms with Crippen LogP contribution in [0.5, 0.6) is 0 Å². The third-order valence-corrected chi connectivity index (χ3v) is 4.94. The fraction of sp³-hybridized carbons (Fsp3) is 0.556. The summed E-state index contributed by atoms with van der Waals surface area (Å²) in [5.74, 6) is 0. The Morgan fingerprint density at radius 2 is 2.00 bits per heavy atom. The number of aryl methyl sites for hydroxylation is 1. The quantitative estimate of drug-likeness (QED) is 0.810. The molecule has 0 bridgehead atoms. The predicted octanol–water partition coefficient (Wildman–Crippen LogP) is 4.15. The fourth-order valence-corrected chi connectivity index (χ4v) is 3.48. The normalized spacial score (nSPS) is 16.3. The molecule has 1 aliphatic heterocycles. The van der Waals surface area contributed by atoms with Gasteiger partial charge in [-0.3, -0.25) is 4.68 Å². The van der Waals surface area contributed by atoms with Crippen molar-refractivity contribution in [3.8, 4) is 0 Å². The standard InChI is InChI=1S/C18H25BrN4O2/c1-18(2,3)25-17(24)23-9-7-12(8-10-23)20-15-6-5-14(19)13-11-22(4)21-16(13)15/h5-6,11-12,20H,7-10H2,1-4H3. The fourth-order valence-electron chi connectivity index (χ4n) is 3.06. The molecule has 1 amide bonds. The minimum atomic E-state index is -0.450. The number of nitrogens with one attached hydrogen (secondary N) is 1. The first-order chi connectivity index (χ1) is 11.7. The number of hydrogen-bond acceptors (Lipinski definition) is 4. The summed E-state index contributed by atoms with van der Waals surface area (Å²) >= 11 is 3.58. The molecular formula is C18H25BrN4O2. The molecule has 1 aromatic carbocycles. The van der Waals surface area contributed by atoms with Crippen LogP contribution in [-0.4, -0.2) is 45.5 Å². The van der Waals surface area contributed by atoms with E-state index >= 15 is 0 Å². The van der Waals surface area contributed by atoms with Crippen molar-refractivity contribution >= 4 is 38.6 Å². The molecule has 0 unspecified atom stereocenters. The van der Waals surface area contributed by atoms with E-state index in [0.717, 1.165) is 33.9 Å². The van der Waals surface area contributed by atoms with E-state index in [-0.39, 0.29) is 6.09 Å². The van der Waals surface area contributed by atoms with Gasteiger partial charge >= 0.3 is 6.09 Å². The van der Waals surface area contributed by atoms with E-state index in [1.807, 2.05) is 44.8 Å². The molecule has 1 aromatic heterocycles. The van der Waals surface area contributed by atoms with Crippen molar-refractivity contribution in [1.82, 2.24) is 14.7 Å². The number of aromatic nitrogens is 2. The van der Waals surface area contributed by atoms with Gasteiger partial charge in [-0.15, -0.1) is 0 Å². The van der Waals surface area contributed by atoms with E-state index in [1.54, 1.807) is 4.90 Å². The SMILES string of the molecule is Cn1cc2c(Br)ccc(NC3CCN(C(=O)OC(C)(C)C)CC3)c2n1. The van der Waals surface area contributed by atoms with Gasteiger partial charge in [0.1, 0.15) is 11.1 Å². The van der Waals surface area contributed by atoms with Crippen molar-refractivity contribution in [3.05, 3.63) is 22.8 Å². The van der Waals surface area contributed by atoms with Crippen LogP contribution in [0.2, 0.25) is 0 Å². The minimum Gasteiger partial charge on any atom is -0.444 e. The molecule has 0 aliphatic carbocycles. The zero-order chi connectivity index (χ0) is 18.2. The molecule has 1 saturated heterocycles. The van der Waals surface area contributed by atoms with E-state index in [9.17, 15) is 4.79 Å². The first-order valence-electron chi connectivity index (χ1n) is 8.59. The summed E-state index contributed by atoms with van der Waals surface area (Å²) in [4.78, 5) is 14.0. The summed E-state index contributed by atoms with van der Waals surface area (Å²) in [6.07, 6.45) is 3.57. The smallest absolute Gasteiger partial charge is 0.410 e. The second kappa shape index (κ2) is 6.86. The highest BCUT2D eigenvalue weighted by atomic mass is 79.9. The van der Waals surface area contributed by atoms with Gasteiger partial charge < -0.3 is 15.0 Å². The van der Waals surface area contributed by atoms with Crippen LogP contribution in [0.3, 0.4) is 0 Å². The van der Waals surface area contributed by atoms with Crippen molar-refractivity contribution in [2.75, 3.05) is 18.4 Å². The summed E-state index contributed by atoms with van der Waals surface area (Å²) in [5.41, 5.74) is 1.55. The summed E-state index contributed by atoms with van der Waals surface area (Å²) in [5, 5.41) is 9.26. The van der Waals surface area contributed by atoms with E-state index < -0.39 is 5.60 Å². The van der Waals surface area contributed by atoms with Gasteiger partial charge in [-0.1, -0.05) is 15.9 Å². The maximum atomic E-state index is 12.2. The number of nitrogens with zero attached hydrogens (tertiary/aromatic N) is 3. The molecule has 136 valence electrons. The highest BCUT2D eigenvalue weighted by Gasteiger charge is 2.27. The Hall–Kier alpha value is -1.76. The zero-order valence-electron chi connectivity index (χ0n) is 15.2. The molecule has 0 spiro atoms. The van der Waals surface area contributed by atoms with Gasteiger partial charge in [0.2, 0.25) is 0 Å². The Bertz CT molecular complexity index is 773. The maximum Gasteiger partial charge on any atom is 0.410 e. The summed E-state index contributed by atoms with van der Waals surface area (Å²) in [6.45, 7) is 7.09. The lowest BCUT2D eigenvalue weighted by Gasteiger charge is -2.34. The molecule has 2 heterocycles. The van der Waals surface area contributed by atoms with E-state index in [0.29, 0.717) is 19.1 Å². The third-order valence-electron chi connectivity index (χ3n) is 4.24. The van der Waals surface area contributed by atoms with E-state index in [4.69, 9.17) is 4.74 Å². The van der Waals surface area contributed by atoms with Crippen LogP contribution in [0.15, 0.2) is 22.8 Å². The number of hydrogen-bond donors (Lipinski definition) is 1. The number of likely N-dealkylation sites (tertiary alicyclic amines) is 1. The van der Waals surface area contributed by atoms with E-state index in [2.05, 4.69) is 32.4 Å². The monoisotopic (exact) mass is 408 g/mol. The van der Waals surface area contributed by atoms with Crippen LogP contribution in [-0.2, 0) is 11.8 Å². The van der Waals surface area contributed by atoms with Gasteiger partial charge in [-0.05, 0) is 45.7 Å². The summed E-state index contributed by atoms with van der Waals surface area (Å²) in [7, 11) is 1.93. The number of piperidine rings is 1. The number of benzene rings is 1. The lowest BCUT2D eigenvalue weighted by molar-refractivity contribution is 0.0210. The van der Waals surface area contributed by atoms with Gasteiger partial charge in [0.25, 0.3) is 0 Å². The molecule has 0 saturated carbocycles. The van der Waals surface area contributed by atoms with Gasteiger partial charge in [-0.25, -0.2) is 4.79 Å². The maximum absolute atomic E-state index is 12.2. The molecule has 1 aliphatic rings. The highest BCUT2D eigenvalue weighted by molar-refractivity contribution is 9.10. The minimum absolute atomic E-state index is 0.221. The van der Waals surface area contributed by atoms with Crippen LogP contribution in [0, 0.1) is 0 Å². The lowest BCUT2D eigenvalue weighted by Crippen LogP contribution is -2.44. The number of carbonyl (C=O) groups excluding carboxylic acids is 1. The average Bonchev–Trinajstić information content (AvgIpc) is 2.92. The van der Waals surface area contributed by atoms with Crippen LogP contribution < -0.4 is 5.32 Å². The Balaban J connectivity index is 1.63. The lowest BCUT2D eigenvalue weighted by atomic mass is 10.0. The second-order valence-corrected chi connectivity index (χ2v) is 8.40. The first kappa shape index (κ1) is 18.0. The molecule has 0 atom stereocenters. The van der Waals surface area contributed by atoms with Gasteiger partial charge in [0.15, 0.2) is 0 Å². The van der Waals surface area contributed by atoms with Crippen molar-refractivity contribution in [1.29, 1.82) is 0 Å². The molecule has 25 heavy (non-hydrogen) atoms. The van der Waals surface area contributed by atoms with Crippen molar-refractivity contribution < 1.29 is 9.53 Å². The Labute approximate surface area is 156 Å². The van der Waals surface area contributed by atoms with Crippen LogP contribution in [0.1, 0.15) is 33.6 Å². The number of carbonyl (C=O) groups is 1. The summed E-state index contributed by atoms with van der Waals surface area (Å²) in [6, 6.07) is 4.42. The number of rotatable bonds is 2. The molecule has 7 heteroatoms. The molecular weight excluding hydrogens is 384 g/mol. The van der Waals surface area contributed by atoms with Crippen LogP contribution in [0.25, 0.3) is 10.9 Å². The molecule has 1 N–H and O–H groups in total. The van der Waals surface area contributed by atoms with Gasteiger partial charge in [-0.2, -0.15) is 5.10 Å². The topological polar surface area (TPSA) is 59.4 Å². The molecule has 1 fully saturated rings. The number of ether oxygens (including phenoxy) is 1. The Kier molecular flexibility index (Phi) is 4.95. The van der Waals surface area contributed by atoms with Crippen molar-refractivity contribution in [2.45, 2.75) is 45.3 Å². The van der Waals surface area contributed by atoms with Crippen molar-refractivity contribution in [2.24, 2.45) is 7.05 Å². The predicted molar refractivity (Wildman–Crippen MR) is 103 cm³/mol. The molecule has 6 nitrogen and oxygen atoms in total. The van der Waals surface area contributed by atoms with Gasteiger partial charge in [0, 0.05) is 42.2 Å². The van der Waals surface area contributed by atoms with Crippen molar-refractivity contribution in [3.63, 3.8) is 0 Å². The third kappa shape index (κ3) is 4.26. The Morgan fingerprint density at radius 3 is 2.64 bits per heavy atom. The van der Waals surface area contributed by atoms with Gasteiger partial charge in [0.05, 0.1) is 5.69 Å². The zero-order valence-corrected chi connectivity index (χ0v) is 16.8. The van der Waals surface area contributed by atoms with E-state index in [1.165, 1.54) is 0 Å². The molecule has 2 aromatic rings. The molecule has 3 rings (SSSR count). The van der Waals surface area contributed by atoms with Crippen LogP contribution >= 0.6 is 15.9 Å². The number of fused-ring (bicyclic) bond motifs is 1. The average molecular weight is 409 g/mol. The number of amides is 1. The molecule has 0 radical (unpaired) electrons. The number of anilines is 1.